The van der Waals surface area contributed by atoms with E-state index in [0.717, 1.165) is 36.9 Å². The number of nitrogens with zero attached hydrogens (tertiary/aromatic N) is 4. The molecule has 0 spiro atoms. The van der Waals surface area contributed by atoms with Crippen molar-refractivity contribution >= 4 is 23.2 Å². The molecule has 29 heavy (non-hydrogen) atoms. The first-order chi connectivity index (χ1) is 14.0. The number of fused-ring (bicyclic) bond motifs is 1. The van der Waals surface area contributed by atoms with Crippen LogP contribution in [-0.4, -0.2) is 37.6 Å². The van der Waals surface area contributed by atoms with E-state index < -0.39 is 6.09 Å². The van der Waals surface area contributed by atoms with Crippen molar-refractivity contribution in [3.05, 3.63) is 48.3 Å². The molecule has 0 saturated heterocycles. The first-order valence-corrected chi connectivity index (χ1v) is 9.97. The van der Waals surface area contributed by atoms with E-state index in [-0.39, 0.29) is 17.7 Å². The topological polar surface area (TPSA) is 87.8 Å². The van der Waals surface area contributed by atoms with Crippen molar-refractivity contribution in [1.82, 2.24) is 14.6 Å². The Hall–Kier alpha value is -3.22. The normalized spacial score (nSPS) is 14.6. The van der Waals surface area contributed by atoms with Crippen LogP contribution in [0.4, 0.5) is 10.5 Å². The van der Waals surface area contributed by atoms with E-state index >= 15 is 0 Å². The number of hydrogen-bond acceptors (Lipinski definition) is 4. The Morgan fingerprint density at radius 1 is 1.21 bits per heavy atom. The minimum absolute atomic E-state index is 0.0620. The lowest BCUT2D eigenvalue weighted by Gasteiger charge is -2.24. The average molecular weight is 392 g/mol. The van der Waals surface area contributed by atoms with E-state index in [9.17, 15) is 14.7 Å². The van der Waals surface area contributed by atoms with Gasteiger partial charge in [-0.25, -0.2) is 14.3 Å². The largest absolute Gasteiger partial charge is 0.465 e. The number of Topliss-reactive ketones (excluding diaryl/α,β-unsaturated/α-hetero) is 1. The molecule has 7 nitrogen and oxygen atoms in total. The van der Waals surface area contributed by atoms with Crippen LogP contribution in [0.3, 0.4) is 0 Å². The fraction of sp³-hybridized carbons (Fsp3) is 0.364. The van der Waals surface area contributed by atoms with E-state index in [1.165, 1.54) is 4.90 Å². The second kappa shape index (κ2) is 7.66. The van der Waals surface area contributed by atoms with Crippen LogP contribution in [0.2, 0.25) is 0 Å². The van der Waals surface area contributed by atoms with Gasteiger partial charge in [0.05, 0.1) is 17.5 Å². The van der Waals surface area contributed by atoms with Gasteiger partial charge in [0.15, 0.2) is 11.4 Å². The van der Waals surface area contributed by atoms with Crippen molar-refractivity contribution in [2.45, 2.75) is 45.6 Å². The molecule has 0 unspecified atom stereocenters. The molecule has 1 aliphatic rings. The average Bonchev–Trinajstić information content (AvgIpc) is 3.37. The highest BCUT2D eigenvalue weighted by molar-refractivity contribution is 6.03. The Bertz CT molecular complexity index is 1070. The van der Waals surface area contributed by atoms with Crippen molar-refractivity contribution in [2.24, 2.45) is 5.92 Å². The second-order valence-corrected chi connectivity index (χ2v) is 7.77. The fourth-order valence-electron chi connectivity index (χ4n) is 4.14. The molecule has 3 aromatic rings. The highest BCUT2D eigenvalue weighted by Gasteiger charge is 2.27. The number of aromatic nitrogens is 3. The summed E-state index contributed by atoms with van der Waals surface area (Å²) in [6.45, 7) is 3.67. The Morgan fingerprint density at radius 2 is 1.97 bits per heavy atom. The van der Waals surface area contributed by atoms with Gasteiger partial charge in [0, 0.05) is 29.4 Å². The second-order valence-electron chi connectivity index (χ2n) is 7.77. The van der Waals surface area contributed by atoms with E-state index in [2.05, 4.69) is 10.1 Å². The monoisotopic (exact) mass is 392 g/mol. The zero-order valence-corrected chi connectivity index (χ0v) is 16.6. The summed E-state index contributed by atoms with van der Waals surface area (Å²) < 4.78 is 1.67. The fourth-order valence-corrected chi connectivity index (χ4v) is 4.14. The van der Waals surface area contributed by atoms with Crippen molar-refractivity contribution in [3.63, 3.8) is 0 Å². The first kappa shape index (κ1) is 19.1. The third-order valence-electron chi connectivity index (χ3n) is 5.54. The summed E-state index contributed by atoms with van der Waals surface area (Å²) in [5, 5.41) is 14.0. The molecule has 0 bridgehead atoms. The van der Waals surface area contributed by atoms with Crippen molar-refractivity contribution in [3.8, 4) is 11.3 Å². The van der Waals surface area contributed by atoms with Crippen LogP contribution in [0.1, 0.15) is 49.9 Å². The quantitative estimate of drug-likeness (QED) is 0.638. The molecule has 2 heterocycles. The van der Waals surface area contributed by atoms with Crippen molar-refractivity contribution in [1.29, 1.82) is 0 Å². The molecular formula is C22H24N4O3. The number of carbonyl (C=O) groups excluding carboxylic acids is 1. The molecule has 1 fully saturated rings. The minimum Gasteiger partial charge on any atom is -0.465 e. The Morgan fingerprint density at radius 3 is 2.66 bits per heavy atom. The summed E-state index contributed by atoms with van der Waals surface area (Å²) in [5.74, 6) is 0.180. The third-order valence-corrected chi connectivity index (χ3v) is 5.54. The molecular weight excluding hydrogens is 368 g/mol. The van der Waals surface area contributed by atoms with Crippen LogP contribution in [-0.2, 0) is 0 Å². The van der Waals surface area contributed by atoms with Gasteiger partial charge in [-0.3, -0.25) is 9.69 Å². The van der Waals surface area contributed by atoms with Gasteiger partial charge in [0.2, 0.25) is 0 Å². The number of hydrogen-bond donors (Lipinski definition) is 1. The van der Waals surface area contributed by atoms with Gasteiger partial charge in [0.25, 0.3) is 0 Å². The number of ketones is 1. The first-order valence-electron chi connectivity index (χ1n) is 9.97. The Balaban J connectivity index is 1.76. The molecule has 1 amide bonds. The van der Waals surface area contributed by atoms with E-state index in [0.29, 0.717) is 16.9 Å². The molecule has 1 N–H and O–H groups in total. The molecule has 0 atom stereocenters. The molecule has 1 aliphatic carbocycles. The summed E-state index contributed by atoms with van der Waals surface area (Å²) in [5.41, 5.74) is 3.26. The molecule has 1 saturated carbocycles. The summed E-state index contributed by atoms with van der Waals surface area (Å²) in [6, 6.07) is 8.95. The SMILES string of the molecule is CC(C)N(C(=O)O)c1cccc(-c2ccnc3c(C(=O)C4CCCC4)cnn23)c1. The van der Waals surface area contributed by atoms with Gasteiger partial charge in [-0.2, -0.15) is 5.10 Å². The highest BCUT2D eigenvalue weighted by Crippen LogP contribution is 2.31. The lowest BCUT2D eigenvalue weighted by molar-refractivity contribution is 0.0924. The van der Waals surface area contributed by atoms with Crippen LogP contribution < -0.4 is 4.90 Å². The molecule has 7 heteroatoms. The van der Waals surface area contributed by atoms with Gasteiger partial charge in [-0.1, -0.05) is 25.0 Å². The number of carboxylic acid groups (broad SMARTS) is 1. The molecule has 0 aliphatic heterocycles. The molecule has 0 radical (unpaired) electrons. The van der Waals surface area contributed by atoms with Gasteiger partial charge in [-0.15, -0.1) is 0 Å². The summed E-state index contributed by atoms with van der Waals surface area (Å²) >= 11 is 0. The van der Waals surface area contributed by atoms with Crippen LogP contribution in [0.5, 0.6) is 0 Å². The third kappa shape index (κ3) is 3.48. The Labute approximate surface area is 169 Å². The number of rotatable bonds is 5. The van der Waals surface area contributed by atoms with Gasteiger partial charge in [-0.05, 0) is 44.9 Å². The molecule has 150 valence electrons. The summed E-state index contributed by atoms with van der Waals surface area (Å²) in [7, 11) is 0. The molecule has 2 aromatic heterocycles. The zero-order chi connectivity index (χ0) is 20.5. The number of amides is 1. The number of anilines is 1. The zero-order valence-electron chi connectivity index (χ0n) is 16.6. The smallest absolute Gasteiger partial charge is 0.412 e. The van der Waals surface area contributed by atoms with Gasteiger partial charge in [0.1, 0.15) is 0 Å². The van der Waals surface area contributed by atoms with Gasteiger partial charge < -0.3 is 5.11 Å². The van der Waals surface area contributed by atoms with Crippen LogP contribution >= 0.6 is 0 Å². The van der Waals surface area contributed by atoms with Crippen LogP contribution in [0.15, 0.2) is 42.7 Å². The number of benzene rings is 1. The lowest BCUT2D eigenvalue weighted by Crippen LogP contribution is -2.35. The highest BCUT2D eigenvalue weighted by atomic mass is 16.4. The number of carbonyl (C=O) groups is 2. The van der Waals surface area contributed by atoms with Crippen LogP contribution in [0.25, 0.3) is 16.9 Å². The lowest BCUT2D eigenvalue weighted by atomic mass is 9.98. The maximum absolute atomic E-state index is 12.9. The molecule has 4 rings (SSSR count). The minimum atomic E-state index is -0.999. The summed E-state index contributed by atoms with van der Waals surface area (Å²) in [6.07, 6.45) is 6.32. The Kier molecular flexibility index (Phi) is 5.05. The van der Waals surface area contributed by atoms with Crippen molar-refractivity contribution < 1.29 is 14.7 Å². The van der Waals surface area contributed by atoms with E-state index in [1.54, 1.807) is 23.0 Å². The van der Waals surface area contributed by atoms with Crippen molar-refractivity contribution in [2.75, 3.05) is 4.90 Å². The molecule has 1 aromatic carbocycles. The standard InChI is InChI=1S/C22H24N4O3/c1-14(2)25(22(28)29)17-9-5-8-16(12-17)19-10-11-23-21-18(13-24-26(19)21)20(27)15-6-3-4-7-15/h5,8-15H,3-4,6-7H2,1-2H3,(H,28,29). The van der Waals surface area contributed by atoms with Crippen LogP contribution in [0, 0.1) is 5.92 Å². The predicted molar refractivity (Wildman–Crippen MR) is 110 cm³/mol. The van der Waals surface area contributed by atoms with E-state index in [4.69, 9.17) is 0 Å². The predicted octanol–water partition coefficient (Wildman–Crippen LogP) is 4.66. The van der Waals surface area contributed by atoms with E-state index in [1.807, 2.05) is 38.1 Å². The maximum atomic E-state index is 12.9. The summed E-state index contributed by atoms with van der Waals surface area (Å²) in [4.78, 5) is 30.3. The maximum Gasteiger partial charge on any atom is 0.412 e. The van der Waals surface area contributed by atoms with Gasteiger partial charge >= 0.3 is 6.09 Å².